The molecule has 7 nitrogen and oxygen atoms in total. The van der Waals surface area contributed by atoms with Crippen LogP contribution in [0, 0.1) is 17.0 Å². The van der Waals surface area contributed by atoms with E-state index in [1.54, 1.807) is 18.2 Å². The highest BCUT2D eigenvalue weighted by Crippen LogP contribution is 2.21. The molecule has 142 valence electrons. The fraction of sp³-hybridized carbons (Fsp3) is 0.316. The molecule has 2 aromatic carbocycles. The van der Waals surface area contributed by atoms with E-state index in [1.807, 2.05) is 19.1 Å². The van der Waals surface area contributed by atoms with E-state index in [4.69, 9.17) is 11.6 Å². The molecular formula is C19H21ClN4O3. The first-order chi connectivity index (χ1) is 12.9. The third-order valence-corrected chi connectivity index (χ3v) is 5.03. The van der Waals surface area contributed by atoms with Crippen molar-refractivity contribution in [3.05, 3.63) is 63.2 Å². The molecule has 1 aliphatic rings. The Morgan fingerprint density at radius 1 is 1.15 bits per heavy atom. The average molecular weight is 389 g/mol. The molecule has 0 bridgehead atoms. The Hall–Kier alpha value is -2.64. The lowest BCUT2D eigenvalue weighted by Crippen LogP contribution is -2.48. The number of hydrogen-bond donors (Lipinski definition) is 1. The highest BCUT2D eigenvalue weighted by molar-refractivity contribution is 6.31. The van der Waals surface area contributed by atoms with Gasteiger partial charge < -0.3 is 10.2 Å². The molecule has 1 saturated heterocycles. The summed E-state index contributed by atoms with van der Waals surface area (Å²) >= 11 is 6.09. The molecule has 2 aromatic rings. The van der Waals surface area contributed by atoms with E-state index in [9.17, 15) is 14.9 Å². The quantitative estimate of drug-likeness (QED) is 0.628. The number of hydrogen-bond acceptors (Lipinski definition) is 5. The molecule has 1 aliphatic heterocycles. The molecule has 0 spiro atoms. The van der Waals surface area contributed by atoms with Crippen molar-refractivity contribution in [3.8, 4) is 0 Å². The maximum absolute atomic E-state index is 12.3. The van der Waals surface area contributed by atoms with E-state index in [0.29, 0.717) is 17.3 Å². The Morgan fingerprint density at radius 3 is 2.41 bits per heavy atom. The lowest BCUT2D eigenvalue weighted by atomic mass is 10.2. The number of nitrogens with zero attached hydrogens (tertiary/aromatic N) is 3. The number of benzene rings is 2. The molecule has 1 fully saturated rings. The standard InChI is InChI=1S/C19H21ClN4O3/c1-14-2-3-15(12-18(14)20)21-19(25)13-22-8-10-23(11-9-22)16-4-6-17(7-5-16)24(26)27/h2-7,12H,8-11,13H2,1H3,(H,21,25). The second-order valence-electron chi connectivity index (χ2n) is 6.55. The number of carbonyl (C=O) groups is 1. The van der Waals surface area contributed by atoms with E-state index < -0.39 is 4.92 Å². The molecule has 3 rings (SSSR count). The Bertz CT molecular complexity index is 833. The summed E-state index contributed by atoms with van der Waals surface area (Å²) in [5.74, 6) is -0.0706. The van der Waals surface area contributed by atoms with Crippen LogP contribution in [-0.2, 0) is 4.79 Å². The van der Waals surface area contributed by atoms with Gasteiger partial charge in [0.2, 0.25) is 5.91 Å². The van der Waals surface area contributed by atoms with Crippen LogP contribution in [0.2, 0.25) is 5.02 Å². The van der Waals surface area contributed by atoms with E-state index in [0.717, 1.165) is 37.4 Å². The van der Waals surface area contributed by atoms with Crippen LogP contribution >= 0.6 is 11.6 Å². The van der Waals surface area contributed by atoms with Crippen molar-refractivity contribution in [1.29, 1.82) is 0 Å². The molecule has 0 aliphatic carbocycles. The van der Waals surface area contributed by atoms with Gasteiger partial charge in [0.15, 0.2) is 0 Å². The van der Waals surface area contributed by atoms with E-state index >= 15 is 0 Å². The van der Waals surface area contributed by atoms with Gasteiger partial charge in [-0.05, 0) is 36.8 Å². The van der Waals surface area contributed by atoms with Crippen molar-refractivity contribution in [2.75, 3.05) is 42.9 Å². The van der Waals surface area contributed by atoms with Crippen molar-refractivity contribution in [1.82, 2.24) is 4.90 Å². The summed E-state index contributed by atoms with van der Waals surface area (Å²) in [7, 11) is 0. The number of non-ortho nitro benzene ring substituents is 1. The number of nitrogens with one attached hydrogen (secondary N) is 1. The zero-order valence-electron chi connectivity index (χ0n) is 15.0. The van der Waals surface area contributed by atoms with Crippen molar-refractivity contribution >= 4 is 34.6 Å². The number of nitro groups is 1. The first kappa shape index (κ1) is 19.1. The average Bonchev–Trinajstić information content (AvgIpc) is 2.65. The smallest absolute Gasteiger partial charge is 0.269 e. The Morgan fingerprint density at radius 2 is 1.81 bits per heavy atom. The largest absolute Gasteiger partial charge is 0.369 e. The summed E-state index contributed by atoms with van der Waals surface area (Å²) in [5, 5.41) is 14.2. The topological polar surface area (TPSA) is 78.7 Å². The highest BCUT2D eigenvalue weighted by atomic mass is 35.5. The van der Waals surface area contributed by atoms with Crippen LogP contribution in [0.25, 0.3) is 0 Å². The third kappa shape index (κ3) is 4.96. The predicted octanol–water partition coefficient (Wildman–Crippen LogP) is 3.32. The zero-order chi connectivity index (χ0) is 19.4. The van der Waals surface area contributed by atoms with Crippen LogP contribution in [0.5, 0.6) is 0 Å². The minimum absolute atomic E-state index is 0.0706. The van der Waals surface area contributed by atoms with Crippen molar-refractivity contribution in [2.45, 2.75) is 6.92 Å². The summed E-state index contributed by atoms with van der Waals surface area (Å²) in [4.78, 5) is 26.9. The molecule has 8 heteroatoms. The number of aryl methyl sites for hydroxylation is 1. The number of halogens is 1. The van der Waals surface area contributed by atoms with Gasteiger partial charge in [-0.25, -0.2) is 0 Å². The Labute approximate surface area is 162 Å². The lowest BCUT2D eigenvalue weighted by molar-refractivity contribution is -0.384. The SMILES string of the molecule is Cc1ccc(NC(=O)CN2CCN(c3ccc([N+](=O)[O-])cc3)CC2)cc1Cl. The minimum atomic E-state index is -0.401. The van der Waals surface area contributed by atoms with Gasteiger partial charge in [-0.3, -0.25) is 19.8 Å². The molecule has 0 aromatic heterocycles. The molecule has 1 amide bonds. The van der Waals surface area contributed by atoms with Crippen LogP contribution < -0.4 is 10.2 Å². The van der Waals surface area contributed by atoms with Crippen LogP contribution in [-0.4, -0.2) is 48.5 Å². The first-order valence-electron chi connectivity index (χ1n) is 8.70. The first-order valence-corrected chi connectivity index (χ1v) is 9.08. The summed E-state index contributed by atoms with van der Waals surface area (Å²) in [6.07, 6.45) is 0. The van der Waals surface area contributed by atoms with Crippen molar-refractivity contribution in [3.63, 3.8) is 0 Å². The van der Waals surface area contributed by atoms with Crippen molar-refractivity contribution in [2.24, 2.45) is 0 Å². The van der Waals surface area contributed by atoms with Crippen LogP contribution in [0.4, 0.5) is 17.1 Å². The summed E-state index contributed by atoms with van der Waals surface area (Å²) in [5.41, 5.74) is 2.71. The summed E-state index contributed by atoms with van der Waals surface area (Å²) < 4.78 is 0. The van der Waals surface area contributed by atoms with Gasteiger partial charge >= 0.3 is 0 Å². The maximum Gasteiger partial charge on any atom is 0.269 e. The number of piperazine rings is 1. The lowest BCUT2D eigenvalue weighted by Gasteiger charge is -2.35. The van der Waals surface area contributed by atoms with Gasteiger partial charge in [0, 0.05) is 54.7 Å². The number of carbonyl (C=O) groups excluding carboxylic acids is 1. The number of nitro benzene ring substituents is 1. The molecular weight excluding hydrogens is 368 g/mol. The molecule has 0 atom stereocenters. The molecule has 27 heavy (non-hydrogen) atoms. The van der Waals surface area contributed by atoms with E-state index in [-0.39, 0.29) is 11.6 Å². The van der Waals surface area contributed by atoms with Gasteiger partial charge in [0.25, 0.3) is 5.69 Å². The zero-order valence-corrected chi connectivity index (χ0v) is 15.8. The number of amides is 1. The number of rotatable bonds is 5. The van der Waals surface area contributed by atoms with E-state index in [2.05, 4.69) is 15.1 Å². The molecule has 0 unspecified atom stereocenters. The molecule has 1 heterocycles. The minimum Gasteiger partial charge on any atom is -0.369 e. The van der Waals surface area contributed by atoms with E-state index in [1.165, 1.54) is 12.1 Å². The maximum atomic E-state index is 12.3. The second-order valence-corrected chi connectivity index (χ2v) is 6.96. The van der Waals surface area contributed by atoms with Crippen molar-refractivity contribution < 1.29 is 9.72 Å². The normalized spacial score (nSPS) is 14.8. The van der Waals surface area contributed by atoms with Gasteiger partial charge in [0.1, 0.15) is 0 Å². The summed E-state index contributed by atoms with van der Waals surface area (Å²) in [6.45, 7) is 5.26. The third-order valence-electron chi connectivity index (χ3n) is 4.62. The Kier molecular flexibility index (Phi) is 5.93. The van der Waals surface area contributed by atoms with Crippen LogP contribution in [0.15, 0.2) is 42.5 Å². The number of anilines is 2. The van der Waals surface area contributed by atoms with Gasteiger partial charge in [-0.2, -0.15) is 0 Å². The Balaban J connectivity index is 1.49. The molecule has 1 N–H and O–H groups in total. The van der Waals surface area contributed by atoms with Gasteiger partial charge in [-0.15, -0.1) is 0 Å². The highest BCUT2D eigenvalue weighted by Gasteiger charge is 2.20. The monoisotopic (exact) mass is 388 g/mol. The van der Waals surface area contributed by atoms with Crippen LogP contribution in [0.3, 0.4) is 0 Å². The fourth-order valence-corrected chi connectivity index (χ4v) is 3.20. The predicted molar refractivity (Wildman–Crippen MR) is 107 cm³/mol. The molecule has 0 radical (unpaired) electrons. The fourth-order valence-electron chi connectivity index (χ4n) is 3.02. The summed E-state index contributed by atoms with van der Waals surface area (Å²) in [6, 6.07) is 12.0. The van der Waals surface area contributed by atoms with Gasteiger partial charge in [0.05, 0.1) is 11.5 Å². The second kappa shape index (κ2) is 8.37. The molecule has 0 saturated carbocycles. The van der Waals surface area contributed by atoms with Gasteiger partial charge in [-0.1, -0.05) is 17.7 Å². The van der Waals surface area contributed by atoms with Crippen LogP contribution in [0.1, 0.15) is 5.56 Å².